The summed E-state index contributed by atoms with van der Waals surface area (Å²) in [5.74, 6) is 2.49. The molecule has 1 saturated heterocycles. The van der Waals surface area contributed by atoms with E-state index in [0.29, 0.717) is 52.6 Å². The normalized spacial score (nSPS) is 17.5. The quantitative estimate of drug-likeness (QED) is 0.328. The standard InChI is InChI=1S/C28H29N7O4/c1-33-24-25(37-2)23(39-22-14-30-35-10-4-3-7-21(22)35)13-29-26(24)32-28(33)31-20-12-18(17-8-9-17)15-34(27(20)36)19-6-5-11-38-16-19/h3-4,7,10,12-15,17,19H,5-6,8-9,11,16H2,1-2H3,(H,29,31,32)/t19-/m0/s1. The maximum absolute atomic E-state index is 13.6. The van der Waals surface area contributed by atoms with Crippen LogP contribution in [0.1, 0.15) is 43.2 Å². The van der Waals surface area contributed by atoms with Gasteiger partial charge in [0, 0.05) is 26.0 Å². The van der Waals surface area contributed by atoms with E-state index in [0.717, 1.165) is 37.8 Å². The molecule has 2 aliphatic rings. The molecule has 6 heterocycles. The third kappa shape index (κ3) is 4.19. The van der Waals surface area contributed by atoms with Crippen molar-refractivity contribution < 1.29 is 14.2 Å². The molecule has 0 radical (unpaired) electrons. The molecule has 11 nitrogen and oxygen atoms in total. The van der Waals surface area contributed by atoms with Gasteiger partial charge in [-0.25, -0.2) is 9.50 Å². The molecule has 5 aromatic heterocycles. The van der Waals surface area contributed by atoms with Crippen LogP contribution in [0.25, 0.3) is 16.7 Å². The number of nitrogens with zero attached hydrogens (tertiary/aromatic N) is 6. The van der Waals surface area contributed by atoms with Crippen LogP contribution in [0.15, 0.2) is 53.8 Å². The Kier molecular flexibility index (Phi) is 5.73. The summed E-state index contributed by atoms with van der Waals surface area (Å²) < 4.78 is 23.1. The number of hydrogen-bond acceptors (Lipinski definition) is 8. The lowest BCUT2D eigenvalue weighted by Crippen LogP contribution is -2.31. The minimum atomic E-state index is -0.0843. The Morgan fingerprint density at radius 2 is 2.05 bits per heavy atom. The van der Waals surface area contributed by atoms with Crippen molar-refractivity contribution in [3.8, 4) is 17.2 Å². The maximum atomic E-state index is 13.6. The average molecular weight is 528 g/mol. The molecule has 1 atom stereocenters. The minimum Gasteiger partial charge on any atom is -0.491 e. The summed E-state index contributed by atoms with van der Waals surface area (Å²) in [5.41, 5.74) is 3.52. The number of methoxy groups -OCH3 is 1. The van der Waals surface area contributed by atoms with Crippen molar-refractivity contribution in [3.63, 3.8) is 0 Å². The first-order chi connectivity index (χ1) is 19.1. The van der Waals surface area contributed by atoms with E-state index in [-0.39, 0.29) is 11.6 Å². The summed E-state index contributed by atoms with van der Waals surface area (Å²) in [6.45, 7) is 1.30. The van der Waals surface area contributed by atoms with Crippen molar-refractivity contribution in [1.29, 1.82) is 0 Å². The zero-order valence-electron chi connectivity index (χ0n) is 21.8. The second-order valence-corrected chi connectivity index (χ2v) is 10.1. The number of anilines is 2. The number of aromatic nitrogens is 6. The van der Waals surface area contributed by atoms with Crippen LogP contribution in [-0.2, 0) is 11.8 Å². The molecule has 39 heavy (non-hydrogen) atoms. The zero-order valence-corrected chi connectivity index (χ0v) is 21.8. The Morgan fingerprint density at radius 1 is 1.15 bits per heavy atom. The highest BCUT2D eigenvalue weighted by molar-refractivity contribution is 5.85. The lowest BCUT2D eigenvalue weighted by atomic mass is 10.1. The molecule has 1 aliphatic heterocycles. The van der Waals surface area contributed by atoms with Gasteiger partial charge in [0.15, 0.2) is 22.9 Å². The lowest BCUT2D eigenvalue weighted by Gasteiger charge is -2.25. The van der Waals surface area contributed by atoms with E-state index in [1.807, 2.05) is 52.8 Å². The minimum absolute atomic E-state index is 0.0346. The Bertz CT molecular complexity index is 1740. The van der Waals surface area contributed by atoms with Crippen LogP contribution in [0.2, 0.25) is 0 Å². The molecule has 5 aromatic rings. The smallest absolute Gasteiger partial charge is 0.274 e. The first-order valence-corrected chi connectivity index (χ1v) is 13.2. The Hall–Kier alpha value is -4.38. The van der Waals surface area contributed by atoms with Gasteiger partial charge in [-0.1, -0.05) is 6.07 Å². The van der Waals surface area contributed by atoms with Crippen molar-refractivity contribution in [2.75, 3.05) is 25.6 Å². The summed E-state index contributed by atoms with van der Waals surface area (Å²) in [4.78, 5) is 22.8. The highest BCUT2D eigenvalue weighted by atomic mass is 16.5. The van der Waals surface area contributed by atoms with Crippen LogP contribution in [0.5, 0.6) is 17.2 Å². The molecule has 7 rings (SSSR count). The van der Waals surface area contributed by atoms with Crippen LogP contribution < -0.4 is 20.3 Å². The van der Waals surface area contributed by atoms with Gasteiger partial charge >= 0.3 is 0 Å². The van der Waals surface area contributed by atoms with E-state index in [2.05, 4.69) is 15.4 Å². The number of imidazole rings is 1. The second-order valence-electron chi connectivity index (χ2n) is 10.1. The summed E-state index contributed by atoms with van der Waals surface area (Å²) in [6.07, 6.45) is 11.3. The predicted octanol–water partition coefficient (Wildman–Crippen LogP) is 4.55. The van der Waals surface area contributed by atoms with Crippen molar-refractivity contribution in [3.05, 3.63) is 65.0 Å². The molecule has 0 bridgehead atoms. The summed E-state index contributed by atoms with van der Waals surface area (Å²) in [5, 5.41) is 7.64. The van der Waals surface area contributed by atoms with E-state index in [1.54, 1.807) is 24.0 Å². The van der Waals surface area contributed by atoms with Crippen molar-refractivity contribution in [1.82, 2.24) is 28.7 Å². The molecule has 1 N–H and O–H groups in total. The van der Waals surface area contributed by atoms with Crippen molar-refractivity contribution >= 4 is 28.3 Å². The van der Waals surface area contributed by atoms with Crippen LogP contribution in [0, 0.1) is 0 Å². The second kappa shape index (κ2) is 9.42. The van der Waals surface area contributed by atoms with E-state index >= 15 is 0 Å². The van der Waals surface area contributed by atoms with Gasteiger partial charge in [-0.05, 0) is 55.4 Å². The highest BCUT2D eigenvalue weighted by Crippen LogP contribution is 2.41. The van der Waals surface area contributed by atoms with E-state index in [1.165, 1.54) is 5.56 Å². The van der Waals surface area contributed by atoms with Gasteiger partial charge in [0.05, 0.1) is 32.2 Å². The molecular weight excluding hydrogens is 498 g/mol. The third-order valence-electron chi connectivity index (χ3n) is 7.52. The number of nitrogens with one attached hydrogen (secondary N) is 1. The molecule has 0 unspecified atom stereocenters. The van der Waals surface area contributed by atoms with Crippen molar-refractivity contribution in [2.24, 2.45) is 7.05 Å². The van der Waals surface area contributed by atoms with E-state index < -0.39 is 0 Å². The summed E-state index contributed by atoms with van der Waals surface area (Å²) in [7, 11) is 3.45. The monoisotopic (exact) mass is 527 g/mol. The zero-order chi connectivity index (χ0) is 26.5. The molecule has 2 fully saturated rings. The fourth-order valence-electron chi connectivity index (χ4n) is 5.30. The number of pyridine rings is 3. The SMILES string of the molecule is COc1c(Oc2cnn3ccccc23)cnc2nc(Nc3cc(C4CC4)cn([C@H]4CCCOC4)c3=O)n(C)c12. The molecule has 200 valence electrons. The van der Waals surface area contributed by atoms with E-state index in [9.17, 15) is 4.79 Å². The first-order valence-electron chi connectivity index (χ1n) is 13.2. The number of fused-ring (bicyclic) bond motifs is 2. The van der Waals surface area contributed by atoms with Gasteiger partial charge < -0.3 is 28.7 Å². The number of ether oxygens (including phenoxy) is 3. The first kappa shape index (κ1) is 23.7. The lowest BCUT2D eigenvalue weighted by molar-refractivity contribution is 0.0580. The third-order valence-corrected chi connectivity index (χ3v) is 7.52. The predicted molar refractivity (Wildman–Crippen MR) is 145 cm³/mol. The average Bonchev–Trinajstić information content (AvgIpc) is 3.67. The number of hydrogen-bond donors (Lipinski definition) is 1. The molecule has 1 aliphatic carbocycles. The number of aryl methyl sites for hydroxylation is 1. The van der Waals surface area contributed by atoms with Crippen molar-refractivity contribution in [2.45, 2.75) is 37.6 Å². The van der Waals surface area contributed by atoms with Gasteiger partial charge in [-0.2, -0.15) is 10.1 Å². The van der Waals surface area contributed by atoms with Gasteiger partial charge in [-0.3, -0.25) is 4.79 Å². The molecular formula is C28H29N7O4. The molecule has 0 aromatic carbocycles. The fraction of sp³-hybridized carbons (Fsp3) is 0.357. The molecule has 0 spiro atoms. The van der Waals surface area contributed by atoms with Gasteiger partial charge in [-0.15, -0.1) is 0 Å². The van der Waals surface area contributed by atoms with Gasteiger partial charge in [0.25, 0.3) is 5.56 Å². The Morgan fingerprint density at radius 3 is 2.85 bits per heavy atom. The Balaban J connectivity index is 1.27. The summed E-state index contributed by atoms with van der Waals surface area (Å²) in [6, 6.07) is 7.75. The van der Waals surface area contributed by atoms with Gasteiger partial charge in [0.2, 0.25) is 5.95 Å². The largest absolute Gasteiger partial charge is 0.491 e. The van der Waals surface area contributed by atoms with Gasteiger partial charge in [0.1, 0.15) is 16.7 Å². The number of rotatable bonds is 7. The van der Waals surface area contributed by atoms with Crippen LogP contribution in [-0.4, -0.2) is 49.0 Å². The fourth-order valence-corrected chi connectivity index (χ4v) is 5.30. The summed E-state index contributed by atoms with van der Waals surface area (Å²) >= 11 is 0. The molecule has 0 amide bonds. The topological polar surface area (TPSA) is 110 Å². The Labute approximate surface area is 224 Å². The van der Waals surface area contributed by atoms with E-state index in [4.69, 9.17) is 19.2 Å². The van der Waals surface area contributed by atoms with Crippen LogP contribution in [0.4, 0.5) is 11.6 Å². The highest BCUT2D eigenvalue weighted by Gasteiger charge is 2.28. The maximum Gasteiger partial charge on any atom is 0.274 e. The molecule has 11 heteroatoms. The van der Waals surface area contributed by atoms with Crippen LogP contribution >= 0.6 is 0 Å². The molecule has 1 saturated carbocycles. The van der Waals surface area contributed by atoms with Crippen LogP contribution in [0.3, 0.4) is 0 Å².